The number of hydrogen-bond donors (Lipinski definition) is 2. The van der Waals surface area contributed by atoms with Gasteiger partial charge >= 0.3 is 0 Å². The summed E-state index contributed by atoms with van der Waals surface area (Å²) in [5.41, 5.74) is 2.80. The number of thiazole rings is 1. The van der Waals surface area contributed by atoms with E-state index in [4.69, 9.17) is 0 Å². The van der Waals surface area contributed by atoms with Gasteiger partial charge in [-0.15, -0.1) is 11.3 Å². The van der Waals surface area contributed by atoms with Crippen LogP contribution in [-0.4, -0.2) is 15.9 Å². The predicted molar refractivity (Wildman–Crippen MR) is 91.7 cm³/mol. The molecule has 0 spiro atoms. The minimum absolute atomic E-state index is 0.0633. The number of amides is 1. The topological polar surface area (TPSA) is 57.8 Å². The zero-order chi connectivity index (χ0) is 15.5. The van der Waals surface area contributed by atoms with Gasteiger partial charge in [0.2, 0.25) is 0 Å². The lowest BCUT2D eigenvalue weighted by molar-refractivity contribution is 0.102. The summed E-state index contributed by atoms with van der Waals surface area (Å²) in [5.74, 6) is -0.0633. The van der Waals surface area contributed by atoms with Crippen molar-refractivity contribution in [1.82, 2.24) is 9.97 Å². The Morgan fingerprint density at radius 3 is 3.05 bits per heavy atom. The minimum Gasteiger partial charge on any atom is -0.361 e. The van der Waals surface area contributed by atoms with Crippen molar-refractivity contribution in [3.05, 3.63) is 46.0 Å². The molecule has 22 heavy (non-hydrogen) atoms. The maximum atomic E-state index is 12.5. The molecular weight excluding hydrogens is 294 g/mol. The number of carbonyl (C=O) groups excluding carboxylic acids is 1. The lowest BCUT2D eigenvalue weighted by Crippen LogP contribution is -2.12. The number of nitrogens with one attached hydrogen (secondary N) is 2. The number of benzene rings is 1. The molecule has 0 saturated carbocycles. The summed E-state index contributed by atoms with van der Waals surface area (Å²) in [4.78, 5) is 20.9. The van der Waals surface area contributed by atoms with Crippen LogP contribution in [0.2, 0.25) is 0 Å². The molecule has 0 fully saturated rings. The van der Waals surface area contributed by atoms with Crippen molar-refractivity contribution >= 4 is 33.8 Å². The fourth-order valence-electron chi connectivity index (χ4n) is 2.48. The molecule has 114 valence electrons. The fourth-order valence-corrected chi connectivity index (χ4v) is 3.34. The zero-order valence-electron chi connectivity index (χ0n) is 12.8. The standard InChI is InChI=1S/C17H19N3OS/c1-3-4-5-15-16(22-11(2)19-15)17(21)20-13-6-7-14-12(10-13)8-9-18-14/h6-10,18H,3-5H2,1-2H3,(H,20,21). The maximum absolute atomic E-state index is 12.5. The number of aromatic amines is 1. The van der Waals surface area contributed by atoms with Gasteiger partial charge in [-0.05, 0) is 44.0 Å². The molecular formula is C17H19N3OS. The van der Waals surface area contributed by atoms with Crippen molar-refractivity contribution in [2.75, 3.05) is 5.32 Å². The first-order valence-corrected chi connectivity index (χ1v) is 8.34. The summed E-state index contributed by atoms with van der Waals surface area (Å²) in [7, 11) is 0. The molecule has 0 aliphatic rings. The number of aromatic nitrogens is 2. The second-order valence-electron chi connectivity index (χ2n) is 5.35. The maximum Gasteiger partial charge on any atom is 0.267 e. The van der Waals surface area contributed by atoms with E-state index < -0.39 is 0 Å². The SMILES string of the molecule is CCCCc1nc(C)sc1C(=O)Nc1ccc2[nH]ccc2c1. The Kier molecular flexibility index (Phi) is 4.24. The van der Waals surface area contributed by atoms with Gasteiger partial charge < -0.3 is 10.3 Å². The first-order valence-electron chi connectivity index (χ1n) is 7.52. The molecule has 2 heterocycles. The van der Waals surface area contributed by atoms with Crippen LogP contribution in [0.3, 0.4) is 0 Å². The van der Waals surface area contributed by atoms with Crippen LogP contribution in [0, 0.1) is 6.92 Å². The average Bonchev–Trinajstić information content (AvgIpc) is 3.10. The predicted octanol–water partition coefficient (Wildman–Crippen LogP) is 4.53. The van der Waals surface area contributed by atoms with Gasteiger partial charge in [0.05, 0.1) is 10.7 Å². The first kappa shape index (κ1) is 14.8. The summed E-state index contributed by atoms with van der Waals surface area (Å²) in [6.07, 6.45) is 4.91. The van der Waals surface area contributed by atoms with Gasteiger partial charge in [0.15, 0.2) is 0 Å². The molecule has 0 radical (unpaired) electrons. The Morgan fingerprint density at radius 1 is 1.36 bits per heavy atom. The summed E-state index contributed by atoms with van der Waals surface area (Å²) in [5, 5.41) is 5.02. The summed E-state index contributed by atoms with van der Waals surface area (Å²) in [6.45, 7) is 4.09. The Morgan fingerprint density at radius 2 is 2.23 bits per heavy atom. The van der Waals surface area contributed by atoms with Crippen molar-refractivity contribution in [2.45, 2.75) is 33.1 Å². The van der Waals surface area contributed by atoms with Crippen LogP contribution in [0.4, 0.5) is 5.69 Å². The Labute approximate surface area is 133 Å². The molecule has 3 rings (SSSR count). The highest BCUT2D eigenvalue weighted by Gasteiger charge is 2.16. The first-order chi connectivity index (χ1) is 10.7. The molecule has 0 atom stereocenters. The number of H-pyrrole nitrogens is 1. The Hall–Kier alpha value is -2.14. The lowest BCUT2D eigenvalue weighted by atomic mass is 10.2. The highest BCUT2D eigenvalue weighted by Crippen LogP contribution is 2.23. The van der Waals surface area contributed by atoms with Crippen LogP contribution >= 0.6 is 11.3 Å². The molecule has 5 heteroatoms. The number of aryl methyl sites for hydroxylation is 2. The van der Waals surface area contributed by atoms with E-state index in [1.54, 1.807) is 0 Å². The normalized spacial score (nSPS) is 11.0. The van der Waals surface area contributed by atoms with Crippen molar-refractivity contribution in [3.8, 4) is 0 Å². The molecule has 3 aromatic rings. The van der Waals surface area contributed by atoms with Crippen LogP contribution in [0.15, 0.2) is 30.5 Å². The number of fused-ring (bicyclic) bond motifs is 1. The van der Waals surface area contributed by atoms with E-state index in [0.717, 1.165) is 51.4 Å². The number of anilines is 1. The van der Waals surface area contributed by atoms with Gasteiger partial charge in [-0.2, -0.15) is 0 Å². The third-order valence-corrected chi connectivity index (χ3v) is 4.60. The molecule has 2 aromatic heterocycles. The van der Waals surface area contributed by atoms with Crippen LogP contribution in [0.1, 0.15) is 40.1 Å². The van der Waals surface area contributed by atoms with E-state index >= 15 is 0 Å². The minimum atomic E-state index is -0.0633. The van der Waals surface area contributed by atoms with Gasteiger partial charge in [0.25, 0.3) is 5.91 Å². The average molecular weight is 313 g/mol. The van der Waals surface area contributed by atoms with Crippen LogP contribution in [0.25, 0.3) is 10.9 Å². The van der Waals surface area contributed by atoms with E-state index in [0.29, 0.717) is 0 Å². The third kappa shape index (κ3) is 3.04. The van der Waals surface area contributed by atoms with E-state index in [1.807, 2.05) is 37.4 Å². The van der Waals surface area contributed by atoms with Gasteiger partial charge in [-0.1, -0.05) is 13.3 Å². The summed E-state index contributed by atoms with van der Waals surface area (Å²) in [6, 6.07) is 7.86. The number of rotatable bonds is 5. The number of unbranched alkanes of at least 4 members (excludes halogenated alkanes) is 1. The second kappa shape index (κ2) is 6.32. The molecule has 2 N–H and O–H groups in total. The fraction of sp³-hybridized carbons (Fsp3) is 0.294. The second-order valence-corrected chi connectivity index (χ2v) is 6.55. The lowest BCUT2D eigenvalue weighted by Gasteiger charge is -2.05. The van der Waals surface area contributed by atoms with Gasteiger partial charge in [-0.25, -0.2) is 4.98 Å². The molecule has 0 bridgehead atoms. The van der Waals surface area contributed by atoms with E-state index in [2.05, 4.69) is 22.2 Å². The van der Waals surface area contributed by atoms with Crippen molar-refractivity contribution in [3.63, 3.8) is 0 Å². The smallest absolute Gasteiger partial charge is 0.267 e. The van der Waals surface area contributed by atoms with Crippen molar-refractivity contribution in [2.24, 2.45) is 0 Å². The van der Waals surface area contributed by atoms with Gasteiger partial charge in [-0.3, -0.25) is 4.79 Å². The highest BCUT2D eigenvalue weighted by atomic mass is 32.1. The summed E-state index contributed by atoms with van der Waals surface area (Å²) < 4.78 is 0. The number of nitrogens with zero attached hydrogens (tertiary/aromatic N) is 1. The van der Waals surface area contributed by atoms with E-state index in [-0.39, 0.29) is 5.91 Å². The molecule has 0 aliphatic heterocycles. The Balaban J connectivity index is 1.81. The van der Waals surface area contributed by atoms with Crippen molar-refractivity contribution < 1.29 is 4.79 Å². The Bertz CT molecular complexity index is 803. The van der Waals surface area contributed by atoms with E-state index in [1.165, 1.54) is 11.3 Å². The largest absolute Gasteiger partial charge is 0.361 e. The van der Waals surface area contributed by atoms with Crippen LogP contribution in [-0.2, 0) is 6.42 Å². The molecule has 4 nitrogen and oxygen atoms in total. The molecule has 1 amide bonds. The van der Waals surface area contributed by atoms with Crippen LogP contribution < -0.4 is 5.32 Å². The van der Waals surface area contributed by atoms with Gasteiger partial charge in [0.1, 0.15) is 4.88 Å². The number of hydrogen-bond acceptors (Lipinski definition) is 3. The third-order valence-electron chi connectivity index (χ3n) is 3.59. The van der Waals surface area contributed by atoms with Crippen LogP contribution in [0.5, 0.6) is 0 Å². The molecule has 0 unspecified atom stereocenters. The molecule has 0 saturated heterocycles. The van der Waals surface area contributed by atoms with Gasteiger partial charge in [0, 0.05) is 22.8 Å². The molecule has 0 aliphatic carbocycles. The quantitative estimate of drug-likeness (QED) is 0.727. The molecule has 1 aromatic carbocycles. The summed E-state index contributed by atoms with van der Waals surface area (Å²) >= 11 is 1.47. The number of carbonyl (C=O) groups is 1. The monoisotopic (exact) mass is 313 g/mol. The zero-order valence-corrected chi connectivity index (χ0v) is 13.6. The van der Waals surface area contributed by atoms with Crippen molar-refractivity contribution in [1.29, 1.82) is 0 Å². The van der Waals surface area contributed by atoms with E-state index in [9.17, 15) is 4.79 Å². The highest BCUT2D eigenvalue weighted by molar-refractivity contribution is 7.13.